The third kappa shape index (κ3) is 3.16. The molecule has 15 heavy (non-hydrogen) atoms. The quantitative estimate of drug-likeness (QED) is 0.706. The molecule has 0 aromatic carbocycles. The number of piperidine rings is 1. The maximum Gasteiger partial charge on any atom is 0.239 e. The van der Waals surface area contributed by atoms with Crippen molar-refractivity contribution in [3.05, 3.63) is 0 Å². The Labute approximate surface area is 91.2 Å². The first-order chi connectivity index (χ1) is 7.06. The second kappa shape index (κ2) is 5.45. The highest BCUT2D eigenvalue weighted by molar-refractivity contribution is 5.80. The van der Waals surface area contributed by atoms with E-state index in [2.05, 4.69) is 4.90 Å². The molecule has 0 aliphatic carbocycles. The zero-order chi connectivity index (χ0) is 11.4. The van der Waals surface area contributed by atoms with Crippen LogP contribution >= 0.6 is 0 Å². The van der Waals surface area contributed by atoms with Gasteiger partial charge in [-0.15, -0.1) is 0 Å². The van der Waals surface area contributed by atoms with Gasteiger partial charge in [0.1, 0.15) is 0 Å². The Balaban J connectivity index is 2.42. The first-order valence-electron chi connectivity index (χ1n) is 5.57. The van der Waals surface area contributed by atoms with Crippen LogP contribution in [-0.4, -0.2) is 55.6 Å². The van der Waals surface area contributed by atoms with E-state index in [9.17, 15) is 9.18 Å². The van der Waals surface area contributed by atoms with Crippen LogP contribution in [0.2, 0.25) is 0 Å². The fourth-order valence-corrected chi connectivity index (χ4v) is 2.02. The van der Waals surface area contributed by atoms with Gasteiger partial charge in [-0.1, -0.05) is 0 Å². The molecule has 0 radical (unpaired) electrons. The van der Waals surface area contributed by atoms with Crippen LogP contribution in [-0.2, 0) is 4.79 Å². The van der Waals surface area contributed by atoms with Gasteiger partial charge in [0.25, 0.3) is 0 Å². The smallest absolute Gasteiger partial charge is 0.239 e. The molecule has 0 spiro atoms. The lowest BCUT2D eigenvalue weighted by Gasteiger charge is -2.35. The predicted molar refractivity (Wildman–Crippen MR) is 58.4 cm³/mol. The number of halogens is 1. The molecule has 3 nitrogen and oxygen atoms in total. The molecule has 1 aliphatic rings. The van der Waals surface area contributed by atoms with E-state index in [1.807, 2.05) is 6.92 Å². The van der Waals surface area contributed by atoms with E-state index >= 15 is 0 Å². The predicted octanol–water partition coefficient (Wildman–Crippen LogP) is 1.14. The lowest BCUT2D eigenvalue weighted by Crippen LogP contribution is -2.48. The van der Waals surface area contributed by atoms with Gasteiger partial charge in [-0.25, -0.2) is 0 Å². The molecule has 0 aromatic heterocycles. The number of likely N-dealkylation sites (tertiary alicyclic amines) is 1. The maximum absolute atomic E-state index is 12.4. The van der Waals surface area contributed by atoms with Crippen molar-refractivity contribution in [3.8, 4) is 0 Å². The van der Waals surface area contributed by atoms with Gasteiger partial charge in [-0.3, -0.25) is 14.1 Å². The molecule has 1 amide bonds. The second-order valence-electron chi connectivity index (χ2n) is 4.54. The van der Waals surface area contributed by atoms with Gasteiger partial charge in [0.15, 0.2) is 0 Å². The van der Waals surface area contributed by atoms with Gasteiger partial charge in [0, 0.05) is 14.1 Å². The molecule has 88 valence electrons. The van der Waals surface area contributed by atoms with Gasteiger partial charge < -0.3 is 4.90 Å². The molecule has 1 unspecified atom stereocenters. The zero-order valence-electron chi connectivity index (χ0n) is 9.87. The number of carbonyl (C=O) groups excluding carboxylic acids is 1. The number of alkyl halides is 1. The summed E-state index contributed by atoms with van der Waals surface area (Å²) in [5.41, 5.74) is 0. The summed E-state index contributed by atoms with van der Waals surface area (Å²) >= 11 is 0. The Morgan fingerprint density at radius 3 is 2.40 bits per heavy atom. The number of hydrogen-bond acceptors (Lipinski definition) is 2. The molecule has 0 bridgehead atoms. The Bertz CT molecular complexity index is 213. The number of carbonyl (C=O) groups is 1. The molecule has 1 atom stereocenters. The van der Waals surface area contributed by atoms with Crippen LogP contribution in [0.1, 0.15) is 19.8 Å². The molecular weight excluding hydrogens is 195 g/mol. The number of amides is 1. The summed E-state index contributed by atoms with van der Waals surface area (Å²) in [5, 5.41) is 0. The van der Waals surface area contributed by atoms with E-state index in [1.165, 1.54) is 0 Å². The average molecular weight is 216 g/mol. The molecule has 0 aromatic rings. The van der Waals surface area contributed by atoms with Crippen molar-refractivity contribution in [2.75, 3.05) is 33.9 Å². The molecule has 1 heterocycles. The van der Waals surface area contributed by atoms with E-state index in [0.29, 0.717) is 0 Å². The SMILES string of the molecule is CC(C(=O)N(C)C)N1CCC(CF)CC1. The number of nitrogens with zero attached hydrogens (tertiary/aromatic N) is 2. The minimum Gasteiger partial charge on any atom is -0.347 e. The zero-order valence-corrected chi connectivity index (χ0v) is 9.87. The molecule has 0 saturated carbocycles. The van der Waals surface area contributed by atoms with E-state index < -0.39 is 0 Å². The van der Waals surface area contributed by atoms with Crippen LogP contribution in [0.15, 0.2) is 0 Å². The second-order valence-corrected chi connectivity index (χ2v) is 4.54. The van der Waals surface area contributed by atoms with Crippen LogP contribution in [0.5, 0.6) is 0 Å². The van der Waals surface area contributed by atoms with Crippen molar-refractivity contribution in [2.45, 2.75) is 25.8 Å². The molecule has 1 fully saturated rings. The molecule has 1 rings (SSSR count). The fourth-order valence-electron chi connectivity index (χ4n) is 2.02. The van der Waals surface area contributed by atoms with Crippen molar-refractivity contribution in [1.29, 1.82) is 0 Å². The van der Waals surface area contributed by atoms with Gasteiger partial charge in [0.2, 0.25) is 5.91 Å². The normalized spacial score (nSPS) is 21.3. The average Bonchev–Trinajstić information content (AvgIpc) is 2.27. The van der Waals surface area contributed by atoms with Gasteiger partial charge in [-0.05, 0) is 38.8 Å². The van der Waals surface area contributed by atoms with E-state index in [-0.39, 0.29) is 24.5 Å². The minimum atomic E-state index is -0.218. The Morgan fingerprint density at radius 1 is 1.47 bits per heavy atom. The van der Waals surface area contributed by atoms with Crippen molar-refractivity contribution in [3.63, 3.8) is 0 Å². The highest BCUT2D eigenvalue weighted by Gasteiger charge is 2.27. The van der Waals surface area contributed by atoms with Gasteiger partial charge in [-0.2, -0.15) is 0 Å². The highest BCUT2D eigenvalue weighted by atomic mass is 19.1. The van der Waals surface area contributed by atoms with Crippen LogP contribution < -0.4 is 0 Å². The topological polar surface area (TPSA) is 23.6 Å². The molecule has 1 aliphatic heterocycles. The third-order valence-electron chi connectivity index (χ3n) is 3.21. The van der Waals surface area contributed by atoms with E-state index in [0.717, 1.165) is 25.9 Å². The van der Waals surface area contributed by atoms with Crippen LogP contribution in [0.4, 0.5) is 4.39 Å². The first kappa shape index (κ1) is 12.4. The minimum absolute atomic E-state index is 0.0689. The number of hydrogen-bond donors (Lipinski definition) is 0. The summed E-state index contributed by atoms with van der Waals surface area (Å²) < 4.78 is 12.4. The lowest BCUT2D eigenvalue weighted by atomic mass is 9.97. The summed E-state index contributed by atoms with van der Waals surface area (Å²) in [4.78, 5) is 15.5. The molecule has 0 N–H and O–H groups in total. The van der Waals surface area contributed by atoms with Crippen LogP contribution in [0.3, 0.4) is 0 Å². The maximum atomic E-state index is 12.4. The summed E-state index contributed by atoms with van der Waals surface area (Å²) in [6.45, 7) is 3.40. The van der Waals surface area contributed by atoms with E-state index in [1.54, 1.807) is 19.0 Å². The van der Waals surface area contributed by atoms with Crippen molar-refractivity contribution in [1.82, 2.24) is 9.80 Å². The Morgan fingerprint density at radius 2 is 2.00 bits per heavy atom. The van der Waals surface area contributed by atoms with Gasteiger partial charge >= 0.3 is 0 Å². The van der Waals surface area contributed by atoms with Crippen molar-refractivity contribution >= 4 is 5.91 Å². The van der Waals surface area contributed by atoms with E-state index in [4.69, 9.17) is 0 Å². The summed E-state index contributed by atoms with van der Waals surface area (Å²) in [6, 6.07) is -0.0689. The first-order valence-corrected chi connectivity index (χ1v) is 5.57. The van der Waals surface area contributed by atoms with Crippen LogP contribution in [0.25, 0.3) is 0 Å². The van der Waals surface area contributed by atoms with Gasteiger partial charge in [0.05, 0.1) is 12.7 Å². The summed E-state index contributed by atoms with van der Waals surface area (Å²) in [6.07, 6.45) is 1.75. The molecule has 4 heteroatoms. The standard InChI is InChI=1S/C11H21FN2O/c1-9(11(15)13(2)3)14-6-4-10(8-12)5-7-14/h9-10H,4-8H2,1-3H3. The van der Waals surface area contributed by atoms with Crippen LogP contribution in [0, 0.1) is 5.92 Å². The monoisotopic (exact) mass is 216 g/mol. The highest BCUT2D eigenvalue weighted by Crippen LogP contribution is 2.19. The number of likely N-dealkylation sites (N-methyl/N-ethyl adjacent to an activating group) is 1. The summed E-state index contributed by atoms with van der Waals surface area (Å²) in [5.74, 6) is 0.344. The number of rotatable bonds is 3. The fraction of sp³-hybridized carbons (Fsp3) is 0.909. The van der Waals surface area contributed by atoms with Crippen molar-refractivity contribution < 1.29 is 9.18 Å². The lowest BCUT2D eigenvalue weighted by molar-refractivity contribution is -0.134. The Hall–Kier alpha value is -0.640. The Kier molecular flexibility index (Phi) is 4.51. The molecule has 1 saturated heterocycles. The van der Waals surface area contributed by atoms with Crippen molar-refractivity contribution in [2.24, 2.45) is 5.92 Å². The third-order valence-corrected chi connectivity index (χ3v) is 3.21. The summed E-state index contributed by atoms with van der Waals surface area (Å²) in [7, 11) is 3.54. The largest absolute Gasteiger partial charge is 0.347 e. The molecular formula is C11H21FN2O.